The summed E-state index contributed by atoms with van der Waals surface area (Å²) in [5, 5.41) is 3.08. The van der Waals surface area contributed by atoms with Gasteiger partial charge in [-0.1, -0.05) is 27.2 Å². The Kier molecular flexibility index (Phi) is 5.75. The minimum atomic E-state index is -0.0135. The fourth-order valence-corrected chi connectivity index (χ4v) is 2.14. The number of hydrogen-bond acceptors (Lipinski definition) is 2. The minimum absolute atomic E-state index is 0.0135. The van der Waals surface area contributed by atoms with Crippen LogP contribution in [0.2, 0.25) is 0 Å². The van der Waals surface area contributed by atoms with Crippen molar-refractivity contribution in [3.8, 4) is 0 Å². The van der Waals surface area contributed by atoms with Crippen molar-refractivity contribution in [1.82, 2.24) is 9.88 Å². The first-order valence-electron chi connectivity index (χ1n) is 6.88. The second-order valence-electron chi connectivity index (χ2n) is 4.72. The summed E-state index contributed by atoms with van der Waals surface area (Å²) < 4.78 is 1.93. The van der Waals surface area contributed by atoms with Crippen molar-refractivity contribution in [1.29, 1.82) is 0 Å². The van der Waals surface area contributed by atoms with Crippen LogP contribution in [0.25, 0.3) is 0 Å². The number of anilines is 1. The molecule has 0 fully saturated rings. The Morgan fingerprint density at radius 2 is 2.11 bits per heavy atom. The lowest BCUT2D eigenvalue weighted by atomic mass is 10.1. The number of nitrogens with zero attached hydrogens (tertiary/aromatic N) is 1. The van der Waals surface area contributed by atoms with E-state index in [0.29, 0.717) is 11.4 Å². The van der Waals surface area contributed by atoms with Crippen LogP contribution < -0.4 is 11.1 Å². The van der Waals surface area contributed by atoms with Crippen molar-refractivity contribution < 1.29 is 4.79 Å². The number of carbonyl (C=O) groups excluding carboxylic acids is 1. The molecule has 1 unspecified atom stereocenters. The fourth-order valence-electron chi connectivity index (χ4n) is 2.14. The second kappa shape index (κ2) is 7.09. The van der Waals surface area contributed by atoms with E-state index < -0.39 is 0 Å². The van der Waals surface area contributed by atoms with Gasteiger partial charge in [-0.05, 0) is 25.3 Å². The first kappa shape index (κ1) is 14.6. The maximum atomic E-state index is 12.2. The zero-order valence-electron chi connectivity index (χ0n) is 11.7. The quantitative estimate of drug-likeness (QED) is 0.782. The van der Waals surface area contributed by atoms with Gasteiger partial charge >= 0.3 is 0 Å². The average molecular weight is 251 g/mol. The molecule has 0 aliphatic rings. The molecule has 1 atom stereocenters. The first-order chi connectivity index (χ1) is 8.62. The van der Waals surface area contributed by atoms with Crippen LogP contribution in [-0.2, 0) is 6.54 Å². The highest BCUT2D eigenvalue weighted by atomic mass is 16.2. The number of aromatic nitrogens is 1. The Hall–Kier alpha value is -1.45. The second-order valence-corrected chi connectivity index (χ2v) is 4.72. The predicted molar refractivity (Wildman–Crippen MR) is 75.6 cm³/mol. The lowest BCUT2D eigenvalue weighted by Gasteiger charge is -2.16. The standard InChI is InChI=1S/C14H25N3O/c1-4-7-12(6-3)16-14(18)13-9-11(15)10-17(13)8-5-2/h9-10,12H,4-8,15H2,1-3H3,(H,16,18). The van der Waals surface area contributed by atoms with Gasteiger partial charge in [-0.25, -0.2) is 0 Å². The molecule has 1 heterocycles. The van der Waals surface area contributed by atoms with Gasteiger partial charge in [-0.3, -0.25) is 4.79 Å². The molecule has 0 spiro atoms. The fraction of sp³-hybridized carbons (Fsp3) is 0.643. The molecule has 3 N–H and O–H groups in total. The number of amides is 1. The maximum Gasteiger partial charge on any atom is 0.268 e. The molecule has 0 aliphatic heterocycles. The third kappa shape index (κ3) is 3.79. The van der Waals surface area contributed by atoms with E-state index in [2.05, 4.69) is 26.1 Å². The van der Waals surface area contributed by atoms with Gasteiger partial charge in [0, 0.05) is 18.8 Å². The van der Waals surface area contributed by atoms with Gasteiger partial charge < -0.3 is 15.6 Å². The van der Waals surface area contributed by atoms with E-state index in [4.69, 9.17) is 5.73 Å². The van der Waals surface area contributed by atoms with Crippen LogP contribution in [-0.4, -0.2) is 16.5 Å². The van der Waals surface area contributed by atoms with Gasteiger partial charge in [0.25, 0.3) is 5.91 Å². The molecule has 0 saturated heterocycles. The number of rotatable bonds is 7. The summed E-state index contributed by atoms with van der Waals surface area (Å²) in [6.45, 7) is 7.14. The molecule has 0 bridgehead atoms. The van der Waals surface area contributed by atoms with Crippen LogP contribution in [0.5, 0.6) is 0 Å². The van der Waals surface area contributed by atoms with E-state index in [1.807, 2.05) is 10.8 Å². The summed E-state index contributed by atoms with van der Waals surface area (Å²) in [6.07, 6.45) is 5.88. The topological polar surface area (TPSA) is 60.1 Å². The third-order valence-corrected chi connectivity index (χ3v) is 3.08. The Morgan fingerprint density at radius 3 is 2.67 bits per heavy atom. The van der Waals surface area contributed by atoms with Gasteiger partial charge in [0.1, 0.15) is 5.69 Å². The van der Waals surface area contributed by atoms with E-state index in [-0.39, 0.29) is 11.9 Å². The van der Waals surface area contributed by atoms with Crippen molar-refractivity contribution in [3.63, 3.8) is 0 Å². The van der Waals surface area contributed by atoms with Crippen molar-refractivity contribution in [3.05, 3.63) is 18.0 Å². The van der Waals surface area contributed by atoms with Gasteiger partial charge in [-0.2, -0.15) is 0 Å². The molecule has 0 radical (unpaired) electrons. The normalized spacial score (nSPS) is 12.4. The molecule has 0 aliphatic carbocycles. The molecule has 1 amide bonds. The number of nitrogens with two attached hydrogens (primary N) is 1. The summed E-state index contributed by atoms with van der Waals surface area (Å²) in [4.78, 5) is 12.2. The summed E-state index contributed by atoms with van der Waals surface area (Å²) in [6, 6.07) is 2.01. The van der Waals surface area contributed by atoms with E-state index in [1.165, 1.54) is 0 Å². The molecule has 0 saturated carbocycles. The summed E-state index contributed by atoms with van der Waals surface area (Å²) in [7, 11) is 0. The monoisotopic (exact) mass is 251 g/mol. The number of carbonyl (C=O) groups is 1. The lowest BCUT2D eigenvalue weighted by Crippen LogP contribution is -2.35. The smallest absolute Gasteiger partial charge is 0.268 e. The molecule has 18 heavy (non-hydrogen) atoms. The molecular weight excluding hydrogens is 226 g/mol. The van der Waals surface area contributed by atoms with Crippen LogP contribution in [0.4, 0.5) is 5.69 Å². The van der Waals surface area contributed by atoms with Gasteiger partial charge in [0.15, 0.2) is 0 Å². The van der Waals surface area contributed by atoms with Crippen LogP contribution >= 0.6 is 0 Å². The molecular formula is C14H25N3O. The Labute approximate surface area is 110 Å². The molecule has 0 aromatic carbocycles. The van der Waals surface area contributed by atoms with Gasteiger partial charge in [-0.15, -0.1) is 0 Å². The average Bonchev–Trinajstić information content (AvgIpc) is 2.70. The van der Waals surface area contributed by atoms with Crippen molar-refractivity contribution in [2.45, 2.75) is 59.0 Å². The van der Waals surface area contributed by atoms with E-state index in [1.54, 1.807) is 6.07 Å². The van der Waals surface area contributed by atoms with Crippen LogP contribution in [0.15, 0.2) is 12.3 Å². The molecule has 4 nitrogen and oxygen atoms in total. The summed E-state index contributed by atoms with van der Waals surface area (Å²) >= 11 is 0. The number of nitrogen functional groups attached to an aromatic ring is 1. The Bertz CT molecular complexity index is 384. The third-order valence-electron chi connectivity index (χ3n) is 3.08. The highest BCUT2D eigenvalue weighted by Gasteiger charge is 2.15. The van der Waals surface area contributed by atoms with Gasteiger partial charge in [0.05, 0.1) is 5.69 Å². The minimum Gasteiger partial charge on any atom is -0.397 e. The first-order valence-corrected chi connectivity index (χ1v) is 6.88. The SMILES string of the molecule is CCCC(CC)NC(=O)c1cc(N)cn1CCC. The number of nitrogens with one attached hydrogen (secondary N) is 1. The summed E-state index contributed by atoms with van der Waals surface area (Å²) in [5.41, 5.74) is 7.09. The predicted octanol–water partition coefficient (Wildman–Crippen LogP) is 2.79. The highest BCUT2D eigenvalue weighted by molar-refractivity contribution is 5.94. The molecule has 102 valence electrons. The zero-order valence-corrected chi connectivity index (χ0v) is 11.7. The van der Waals surface area contributed by atoms with E-state index in [0.717, 1.165) is 32.2 Å². The zero-order chi connectivity index (χ0) is 13.5. The van der Waals surface area contributed by atoms with Crippen LogP contribution in [0.1, 0.15) is 56.9 Å². The molecule has 4 heteroatoms. The molecule has 1 aromatic heterocycles. The Balaban J connectivity index is 2.76. The highest BCUT2D eigenvalue weighted by Crippen LogP contribution is 2.12. The maximum absolute atomic E-state index is 12.2. The van der Waals surface area contributed by atoms with Crippen molar-refractivity contribution in [2.24, 2.45) is 0 Å². The van der Waals surface area contributed by atoms with Gasteiger partial charge in [0.2, 0.25) is 0 Å². The largest absolute Gasteiger partial charge is 0.397 e. The number of aryl methyl sites for hydroxylation is 1. The molecule has 1 aromatic rings. The van der Waals surface area contributed by atoms with Crippen LogP contribution in [0, 0.1) is 0 Å². The van der Waals surface area contributed by atoms with Crippen molar-refractivity contribution >= 4 is 11.6 Å². The number of hydrogen-bond donors (Lipinski definition) is 2. The van der Waals surface area contributed by atoms with E-state index in [9.17, 15) is 4.79 Å². The summed E-state index contributed by atoms with van der Waals surface area (Å²) in [5.74, 6) is -0.0135. The van der Waals surface area contributed by atoms with E-state index >= 15 is 0 Å². The lowest BCUT2D eigenvalue weighted by molar-refractivity contribution is 0.0924. The van der Waals surface area contributed by atoms with Crippen molar-refractivity contribution in [2.75, 3.05) is 5.73 Å². The molecule has 1 rings (SSSR count). The Morgan fingerprint density at radius 1 is 1.39 bits per heavy atom. The van der Waals surface area contributed by atoms with Crippen LogP contribution in [0.3, 0.4) is 0 Å².